The van der Waals surface area contributed by atoms with Gasteiger partial charge in [0.1, 0.15) is 23.9 Å². The van der Waals surface area contributed by atoms with E-state index in [-0.39, 0.29) is 13.1 Å². The highest BCUT2D eigenvalue weighted by Crippen LogP contribution is 2.23. The fourth-order valence-corrected chi connectivity index (χ4v) is 4.29. The summed E-state index contributed by atoms with van der Waals surface area (Å²) in [7, 11) is 0. The van der Waals surface area contributed by atoms with E-state index in [2.05, 4.69) is 5.32 Å². The predicted octanol–water partition coefficient (Wildman–Crippen LogP) is 7.71. The van der Waals surface area contributed by atoms with Crippen LogP contribution in [0.5, 0.6) is 5.75 Å². The summed E-state index contributed by atoms with van der Waals surface area (Å²) in [6, 6.07) is 30.7. The predicted molar refractivity (Wildman–Crippen MR) is 148 cm³/mol. The molecule has 0 unspecified atom stereocenters. The van der Waals surface area contributed by atoms with Crippen LogP contribution in [0, 0.1) is 17.5 Å². The molecule has 0 atom stereocenters. The van der Waals surface area contributed by atoms with Gasteiger partial charge in [-0.25, -0.2) is 18.0 Å². The van der Waals surface area contributed by atoms with Gasteiger partial charge in [0.05, 0.1) is 6.54 Å². The lowest BCUT2D eigenvalue weighted by atomic mass is 10.2. The molecule has 0 bridgehead atoms. The summed E-state index contributed by atoms with van der Waals surface area (Å²) in [5.74, 6) is -2.73. The normalized spacial score (nSPS) is 10.8. The lowest BCUT2D eigenvalue weighted by Crippen LogP contribution is -2.35. The molecule has 1 N–H and O–H groups in total. The summed E-state index contributed by atoms with van der Waals surface area (Å²) in [5, 5.41) is 2.28. The number of hydrogen-bond acceptors (Lipinski definition) is 2. The Morgan fingerprint density at radius 2 is 1.38 bits per heavy atom. The fourth-order valence-electron chi connectivity index (χ4n) is 4.29. The molecule has 2 amide bonds. The van der Waals surface area contributed by atoms with E-state index in [1.165, 1.54) is 4.90 Å². The number of anilines is 1. The molecule has 0 radical (unpaired) electrons. The molecule has 5 rings (SSSR count). The highest BCUT2D eigenvalue weighted by molar-refractivity contribution is 5.89. The summed E-state index contributed by atoms with van der Waals surface area (Å²) >= 11 is 0. The summed E-state index contributed by atoms with van der Waals surface area (Å²) < 4.78 is 49.8. The van der Waals surface area contributed by atoms with Crippen LogP contribution in [0.2, 0.25) is 0 Å². The molecule has 8 heteroatoms. The number of amides is 2. The van der Waals surface area contributed by atoms with Crippen molar-refractivity contribution in [3.05, 3.63) is 150 Å². The molecule has 40 heavy (non-hydrogen) atoms. The summed E-state index contributed by atoms with van der Waals surface area (Å²) in [6.07, 6.45) is 1.87. The Balaban J connectivity index is 1.35. The van der Waals surface area contributed by atoms with Crippen molar-refractivity contribution in [1.82, 2.24) is 9.47 Å². The maximum atomic E-state index is 14.3. The van der Waals surface area contributed by atoms with E-state index in [1.807, 2.05) is 108 Å². The van der Waals surface area contributed by atoms with Crippen LogP contribution >= 0.6 is 0 Å². The Labute approximate surface area is 230 Å². The van der Waals surface area contributed by atoms with Gasteiger partial charge in [-0.3, -0.25) is 0 Å². The van der Waals surface area contributed by atoms with Crippen molar-refractivity contribution >= 4 is 11.7 Å². The first kappa shape index (κ1) is 26.6. The zero-order chi connectivity index (χ0) is 27.9. The zero-order valence-corrected chi connectivity index (χ0v) is 21.4. The molecule has 5 nitrogen and oxygen atoms in total. The molecule has 0 saturated carbocycles. The summed E-state index contributed by atoms with van der Waals surface area (Å²) in [4.78, 5) is 14.7. The minimum absolute atomic E-state index is 0.129. The standard InChI is InChI=1S/C32H26F3N3O2/c33-25-18-29(34)31(30(35)19-25)36-32(39)37(20-23-8-3-1-4-9-23)21-27-12-7-17-38(27)26-13-15-28(16-14-26)40-22-24-10-5-2-6-11-24/h1-19H,20-22H2,(H,36,39). The van der Waals surface area contributed by atoms with E-state index in [1.54, 1.807) is 0 Å². The van der Waals surface area contributed by atoms with Gasteiger partial charge in [-0.1, -0.05) is 60.7 Å². The van der Waals surface area contributed by atoms with Crippen LogP contribution in [0.15, 0.2) is 115 Å². The number of carbonyl (C=O) groups is 1. The van der Waals surface area contributed by atoms with Crippen LogP contribution in [0.4, 0.5) is 23.7 Å². The quantitative estimate of drug-likeness (QED) is 0.208. The van der Waals surface area contributed by atoms with E-state index < -0.39 is 29.2 Å². The van der Waals surface area contributed by atoms with Crippen molar-refractivity contribution in [2.24, 2.45) is 0 Å². The van der Waals surface area contributed by atoms with E-state index in [9.17, 15) is 18.0 Å². The molecule has 0 saturated heterocycles. The van der Waals surface area contributed by atoms with Gasteiger partial charge in [0.25, 0.3) is 0 Å². The number of rotatable bonds is 9. The largest absolute Gasteiger partial charge is 0.489 e. The Kier molecular flexibility index (Phi) is 8.15. The van der Waals surface area contributed by atoms with Crippen molar-refractivity contribution in [3.63, 3.8) is 0 Å². The van der Waals surface area contributed by atoms with Gasteiger partial charge in [0.15, 0.2) is 11.6 Å². The third-order valence-corrected chi connectivity index (χ3v) is 6.29. The third kappa shape index (κ3) is 6.53. The minimum Gasteiger partial charge on any atom is -0.489 e. The van der Waals surface area contributed by atoms with Crippen LogP contribution < -0.4 is 10.1 Å². The maximum Gasteiger partial charge on any atom is 0.322 e. The molecule has 0 aliphatic heterocycles. The van der Waals surface area contributed by atoms with E-state index in [4.69, 9.17) is 4.74 Å². The zero-order valence-electron chi connectivity index (χ0n) is 21.4. The second-order valence-electron chi connectivity index (χ2n) is 9.15. The first-order valence-electron chi connectivity index (χ1n) is 12.6. The Morgan fingerprint density at radius 3 is 2.02 bits per heavy atom. The van der Waals surface area contributed by atoms with Gasteiger partial charge >= 0.3 is 6.03 Å². The number of benzene rings is 4. The minimum atomic E-state index is -1.19. The SMILES string of the molecule is O=C(Nc1c(F)cc(F)cc1F)N(Cc1ccccc1)Cc1cccn1-c1ccc(OCc2ccccc2)cc1. The molecule has 1 heterocycles. The molecule has 0 aliphatic carbocycles. The second kappa shape index (κ2) is 12.3. The average molecular weight is 542 g/mol. The van der Waals surface area contributed by atoms with Crippen LogP contribution in [0.3, 0.4) is 0 Å². The number of nitrogens with one attached hydrogen (secondary N) is 1. The third-order valence-electron chi connectivity index (χ3n) is 6.29. The van der Waals surface area contributed by atoms with Gasteiger partial charge in [-0.15, -0.1) is 0 Å². The molecular weight excluding hydrogens is 515 g/mol. The summed E-state index contributed by atoms with van der Waals surface area (Å²) in [5.41, 5.74) is 2.81. The molecule has 202 valence electrons. The monoisotopic (exact) mass is 541 g/mol. The van der Waals surface area contributed by atoms with Crippen LogP contribution in [0.25, 0.3) is 5.69 Å². The number of urea groups is 1. The lowest BCUT2D eigenvalue weighted by Gasteiger charge is -2.24. The number of halogens is 3. The maximum absolute atomic E-state index is 14.3. The average Bonchev–Trinajstić information content (AvgIpc) is 3.43. The lowest BCUT2D eigenvalue weighted by molar-refractivity contribution is 0.205. The highest BCUT2D eigenvalue weighted by Gasteiger charge is 2.21. The van der Waals surface area contributed by atoms with E-state index in [0.29, 0.717) is 18.7 Å². The van der Waals surface area contributed by atoms with Crippen molar-refractivity contribution < 1.29 is 22.7 Å². The van der Waals surface area contributed by atoms with Crippen molar-refractivity contribution in [2.45, 2.75) is 19.7 Å². The first-order valence-corrected chi connectivity index (χ1v) is 12.6. The molecule has 0 fully saturated rings. The Hall–Kier alpha value is -4.98. The molecule has 0 aliphatic rings. The first-order chi connectivity index (χ1) is 19.5. The molecule has 0 spiro atoms. The van der Waals surface area contributed by atoms with Crippen LogP contribution in [-0.2, 0) is 19.7 Å². The number of aromatic nitrogens is 1. The molecule has 4 aromatic carbocycles. The molecular formula is C32H26F3N3O2. The van der Waals surface area contributed by atoms with Gasteiger partial charge < -0.3 is 19.5 Å². The molecule has 1 aromatic heterocycles. The second-order valence-corrected chi connectivity index (χ2v) is 9.15. The topological polar surface area (TPSA) is 46.5 Å². The number of ether oxygens (including phenoxy) is 1. The van der Waals surface area contributed by atoms with E-state index >= 15 is 0 Å². The van der Waals surface area contributed by atoms with Gasteiger partial charge in [0.2, 0.25) is 0 Å². The number of carbonyl (C=O) groups excluding carboxylic acids is 1. The van der Waals surface area contributed by atoms with Gasteiger partial charge in [0, 0.05) is 36.3 Å². The van der Waals surface area contributed by atoms with Crippen molar-refractivity contribution in [1.29, 1.82) is 0 Å². The smallest absolute Gasteiger partial charge is 0.322 e. The number of hydrogen-bond donors (Lipinski definition) is 1. The number of nitrogens with zero attached hydrogens (tertiary/aromatic N) is 2. The van der Waals surface area contributed by atoms with Gasteiger partial charge in [-0.2, -0.15) is 0 Å². The fraction of sp³-hybridized carbons (Fsp3) is 0.0938. The Morgan fingerprint density at radius 1 is 0.750 bits per heavy atom. The van der Waals surface area contributed by atoms with Gasteiger partial charge in [-0.05, 0) is 47.5 Å². The summed E-state index contributed by atoms with van der Waals surface area (Å²) in [6.45, 7) is 0.757. The van der Waals surface area contributed by atoms with Crippen molar-refractivity contribution in [2.75, 3.05) is 5.32 Å². The van der Waals surface area contributed by atoms with Crippen LogP contribution in [-0.4, -0.2) is 15.5 Å². The van der Waals surface area contributed by atoms with Crippen LogP contribution in [0.1, 0.15) is 16.8 Å². The molecule has 5 aromatic rings. The Bertz CT molecular complexity index is 1550. The van der Waals surface area contributed by atoms with Crippen molar-refractivity contribution in [3.8, 4) is 11.4 Å². The highest BCUT2D eigenvalue weighted by atomic mass is 19.1. The van der Waals surface area contributed by atoms with E-state index in [0.717, 1.165) is 28.3 Å².